The van der Waals surface area contributed by atoms with Gasteiger partial charge in [0.05, 0.1) is 4.90 Å². The molecule has 0 aliphatic rings. The average Bonchev–Trinajstić information content (AvgIpc) is 2.38. The molecule has 0 radical (unpaired) electrons. The maximum atomic E-state index is 11.9. The van der Waals surface area contributed by atoms with Crippen LogP contribution in [0.1, 0.15) is 5.56 Å². The molecule has 1 aromatic carbocycles. The molecule has 0 spiro atoms. The van der Waals surface area contributed by atoms with E-state index in [1.54, 1.807) is 48.7 Å². The van der Waals surface area contributed by atoms with Crippen LogP contribution in [-0.2, 0) is 10.0 Å². The Morgan fingerprint density at radius 1 is 1.06 bits per heavy atom. The Hall–Kier alpha value is -1.92. The van der Waals surface area contributed by atoms with E-state index in [0.29, 0.717) is 5.82 Å². The second-order valence-corrected chi connectivity index (χ2v) is 5.44. The van der Waals surface area contributed by atoms with E-state index in [2.05, 4.69) is 15.2 Å². The molecule has 0 bridgehead atoms. The summed E-state index contributed by atoms with van der Waals surface area (Å²) in [4.78, 5) is 6.43. The van der Waals surface area contributed by atoms with Gasteiger partial charge in [-0.05, 0) is 31.2 Å². The third-order valence-electron chi connectivity index (χ3n) is 2.31. The zero-order valence-corrected chi connectivity index (χ0v) is 10.6. The molecule has 0 aliphatic heterocycles. The fourth-order valence-corrected chi connectivity index (χ4v) is 2.18. The molecule has 0 unspecified atom stereocenters. The van der Waals surface area contributed by atoms with Crippen molar-refractivity contribution in [3.63, 3.8) is 0 Å². The highest BCUT2D eigenvalue weighted by molar-refractivity contribution is 7.89. The molecule has 1 aromatic heterocycles. The standard InChI is InChI=1S/C12H13N3O2S/c1-10-5-7-11(8-6-10)18(16,17)15-14-12-4-2-3-9-13-12/h2-9,15H,1H3,(H,13,14). The highest BCUT2D eigenvalue weighted by Crippen LogP contribution is 2.10. The number of pyridine rings is 1. The minimum absolute atomic E-state index is 0.205. The number of aromatic nitrogens is 1. The fraction of sp³-hybridized carbons (Fsp3) is 0.0833. The van der Waals surface area contributed by atoms with Crippen LogP contribution in [0.4, 0.5) is 5.82 Å². The lowest BCUT2D eigenvalue weighted by atomic mass is 10.2. The van der Waals surface area contributed by atoms with E-state index in [0.717, 1.165) is 5.56 Å². The van der Waals surface area contributed by atoms with E-state index < -0.39 is 10.0 Å². The summed E-state index contributed by atoms with van der Waals surface area (Å²) >= 11 is 0. The van der Waals surface area contributed by atoms with Gasteiger partial charge in [-0.15, -0.1) is 4.83 Å². The molecule has 0 aliphatic carbocycles. The highest BCUT2D eigenvalue weighted by atomic mass is 32.2. The first-order valence-electron chi connectivity index (χ1n) is 5.33. The molecule has 1 heterocycles. The molecular weight excluding hydrogens is 250 g/mol. The van der Waals surface area contributed by atoms with Gasteiger partial charge in [0.2, 0.25) is 0 Å². The quantitative estimate of drug-likeness (QED) is 0.824. The first kappa shape index (κ1) is 12.5. The van der Waals surface area contributed by atoms with Crippen LogP contribution in [0, 0.1) is 6.92 Å². The summed E-state index contributed by atoms with van der Waals surface area (Å²) in [6.45, 7) is 1.90. The van der Waals surface area contributed by atoms with Crippen molar-refractivity contribution in [2.45, 2.75) is 11.8 Å². The van der Waals surface area contributed by atoms with E-state index in [1.165, 1.54) is 0 Å². The molecule has 0 saturated carbocycles. The fourth-order valence-electron chi connectivity index (χ4n) is 1.33. The van der Waals surface area contributed by atoms with Crippen molar-refractivity contribution in [1.82, 2.24) is 9.82 Å². The number of rotatable bonds is 4. The highest BCUT2D eigenvalue weighted by Gasteiger charge is 2.12. The van der Waals surface area contributed by atoms with Gasteiger partial charge < -0.3 is 0 Å². The Kier molecular flexibility index (Phi) is 3.59. The normalized spacial score (nSPS) is 11.2. The van der Waals surface area contributed by atoms with Crippen LogP contribution in [0.3, 0.4) is 0 Å². The van der Waals surface area contributed by atoms with Gasteiger partial charge in [-0.1, -0.05) is 23.8 Å². The van der Waals surface area contributed by atoms with Gasteiger partial charge in [0, 0.05) is 6.20 Å². The monoisotopic (exact) mass is 263 g/mol. The number of hydrogen-bond acceptors (Lipinski definition) is 4. The van der Waals surface area contributed by atoms with E-state index >= 15 is 0 Å². The van der Waals surface area contributed by atoms with Crippen LogP contribution < -0.4 is 10.3 Å². The van der Waals surface area contributed by atoms with Gasteiger partial charge in [-0.2, -0.15) is 0 Å². The number of benzene rings is 1. The lowest BCUT2D eigenvalue weighted by Gasteiger charge is -2.08. The Bertz CT molecular complexity index is 610. The number of nitrogens with one attached hydrogen (secondary N) is 2. The number of nitrogens with zero attached hydrogens (tertiary/aromatic N) is 1. The maximum absolute atomic E-state index is 11.9. The minimum Gasteiger partial charge on any atom is -0.292 e. The van der Waals surface area contributed by atoms with Crippen LogP contribution in [0.25, 0.3) is 0 Å². The number of anilines is 1. The summed E-state index contributed by atoms with van der Waals surface area (Å²) in [7, 11) is -3.58. The lowest BCUT2D eigenvalue weighted by molar-refractivity contribution is 0.587. The van der Waals surface area contributed by atoms with Gasteiger partial charge in [0.1, 0.15) is 5.82 Å². The molecule has 18 heavy (non-hydrogen) atoms. The zero-order valence-electron chi connectivity index (χ0n) is 9.79. The molecule has 5 nitrogen and oxygen atoms in total. The third-order valence-corrected chi connectivity index (χ3v) is 3.57. The largest absolute Gasteiger partial charge is 0.292 e. The van der Waals surface area contributed by atoms with E-state index in [4.69, 9.17) is 0 Å². The van der Waals surface area contributed by atoms with Gasteiger partial charge in [-0.3, -0.25) is 5.43 Å². The minimum atomic E-state index is -3.58. The van der Waals surface area contributed by atoms with Crippen molar-refractivity contribution in [2.75, 3.05) is 5.43 Å². The van der Waals surface area contributed by atoms with Crippen molar-refractivity contribution < 1.29 is 8.42 Å². The maximum Gasteiger partial charge on any atom is 0.257 e. The molecule has 2 rings (SSSR count). The van der Waals surface area contributed by atoms with Crippen LogP contribution in [0.2, 0.25) is 0 Å². The van der Waals surface area contributed by atoms with Crippen LogP contribution in [0.5, 0.6) is 0 Å². The van der Waals surface area contributed by atoms with Crippen molar-refractivity contribution in [3.8, 4) is 0 Å². The van der Waals surface area contributed by atoms with Crippen molar-refractivity contribution in [3.05, 3.63) is 54.2 Å². The Labute approximate surface area is 106 Å². The predicted octanol–water partition coefficient (Wildman–Crippen LogP) is 1.70. The van der Waals surface area contributed by atoms with E-state index in [-0.39, 0.29) is 4.90 Å². The van der Waals surface area contributed by atoms with Gasteiger partial charge in [0.15, 0.2) is 0 Å². The van der Waals surface area contributed by atoms with Crippen LogP contribution >= 0.6 is 0 Å². The average molecular weight is 263 g/mol. The summed E-state index contributed by atoms with van der Waals surface area (Å²) in [5.41, 5.74) is 3.56. The molecular formula is C12H13N3O2S. The summed E-state index contributed by atoms with van der Waals surface area (Å²) in [5.74, 6) is 0.438. The topological polar surface area (TPSA) is 71.1 Å². The predicted molar refractivity (Wildman–Crippen MR) is 69.4 cm³/mol. The molecule has 6 heteroatoms. The van der Waals surface area contributed by atoms with Crippen molar-refractivity contribution in [1.29, 1.82) is 0 Å². The molecule has 0 fully saturated rings. The number of hydrazine groups is 1. The smallest absolute Gasteiger partial charge is 0.257 e. The van der Waals surface area contributed by atoms with Crippen molar-refractivity contribution >= 4 is 15.8 Å². The summed E-state index contributed by atoms with van der Waals surface area (Å²) in [6, 6.07) is 11.8. The number of sulfonamides is 1. The molecule has 0 atom stereocenters. The molecule has 0 saturated heterocycles. The van der Waals surface area contributed by atoms with Gasteiger partial charge >= 0.3 is 0 Å². The summed E-state index contributed by atoms with van der Waals surface area (Å²) < 4.78 is 23.8. The zero-order chi connectivity index (χ0) is 13.0. The van der Waals surface area contributed by atoms with Gasteiger partial charge in [0.25, 0.3) is 10.0 Å². The number of hydrogen-bond donors (Lipinski definition) is 2. The summed E-state index contributed by atoms with van der Waals surface area (Å²) in [5, 5.41) is 0. The Morgan fingerprint density at radius 2 is 1.78 bits per heavy atom. The molecule has 94 valence electrons. The summed E-state index contributed by atoms with van der Waals surface area (Å²) in [6.07, 6.45) is 1.57. The molecule has 2 N–H and O–H groups in total. The first-order chi connectivity index (χ1) is 8.58. The molecule has 0 amide bonds. The second kappa shape index (κ2) is 5.16. The second-order valence-electron chi connectivity index (χ2n) is 3.76. The lowest BCUT2D eigenvalue weighted by Crippen LogP contribution is -2.29. The Balaban J connectivity index is 2.11. The van der Waals surface area contributed by atoms with Crippen molar-refractivity contribution in [2.24, 2.45) is 0 Å². The van der Waals surface area contributed by atoms with E-state index in [1.807, 2.05) is 6.92 Å². The van der Waals surface area contributed by atoms with Crippen LogP contribution in [0.15, 0.2) is 53.6 Å². The first-order valence-corrected chi connectivity index (χ1v) is 6.82. The van der Waals surface area contributed by atoms with E-state index in [9.17, 15) is 8.42 Å². The van der Waals surface area contributed by atoms with Gasteiger partial charge in [-0.25, -0.2) is 13.4 Å². The SMILES string of the molecule is Cc1ccc(S(=O)(=O)NNc2ccccn2)cc1. The third kappa shape index (κ3) is 3.06. The number of aryl methyl sites for hydroxylation is 1. The Morgan fingerprint density at radius 3 is 2.39 bits per heavy atom. The van der Waals surface area contributed by atoms with Crippen LogP contribution in [-0.4, -0.2) is 13.4 Å². The molecule has 2 aromatic rings.